The maximum absolute atomic E-state index is 13.9. The fourth-order valence-corrected chi connectivity index (χ4v) is 7.89. The first-order valence-electron chi connectivity index (χ1n) is 14.5. The molecule has 8 nitrogen and oxygen atoms in total. The molecule has 4 aliphatic rings. The Balaban J connectivity index is 1.47. The number of ether oxygens (including phenoxy) is 3. The van der Waals surface area contributed by atoms with Crippen LogP contribution in [0.15, 0.2) is 23.8 Å². The number of esters is 1. The van der Waals surface area contributed by atoms with Crippen molar-refractivity contribution in [2.45, 2.75) is 114 Å². The van der Waals surface area contributed by atoms with Gasteiger partial charge >= 0.3 is 5.97 Å². The number of hydrogen-bond acceptors (Lipinski definition) is 9. The molecule has 1 spiro atoms. The van der Waals surface area contributed by atoms with Gasteiger partial charge in [0.15, 0.2) is 22.2 Å². The van der Waals surface area contributed by atoms with Gasteiger partial charge in [0.05, 0.1) is 17.6 Å². The van der Waals surface area contributed by atoms with Crippen molar-refractivity contribution in [1.29, 1.82) is 0 Å². The van der Waals surface area contributed by atoms with E-state index in [4.69, 9.17) is 14.2 Å². The van der Waals surface area contributed by atoms with Gasteiger partial charge in [-0.2, -0.15) is 0 Å². The van der Waals surface area contributed by atoms with E-state index >= 15 is 0 Å². The van der Waals surface area contributed by atoms with Crippen LogP contribution in [-0.4, -0.2) is 74.2 Å². The highest BCUT2D eigenvalue weighted by atomic mass is 32.2. The smallest absolute Gasteiger partial charge is 0.339 e. The van der Waals surface area contributed by atoms with Crippen molar-refractivity contribution >= 4 is 22.8 Å². The fraction of sp³-hybridized carbons (Fsp3) is 0.677. The lowest BCUT2D eigenvalue weighted by Gasteiger charge is -2.40. The van der Waals surface area contributed by atoms with Gasteiger partial charge in [-0.25, -0.2) is 4.79 Å². The molecule has 3 aliphatic heterocycles. The average molecular weight is 574 g/mol. The number of fused-ring (bicyclic) bond motifs is 3. The van der Waals surface area contributed by atoms with E-state index in [2.05, 4.69) is 23.1 Å². The van der Waals surface area contributed by atoms with Crippen molar-refractivity contribution in [3.8, 4) is 11.5 Å². The standard InChI is InChI=1S/C31H43NO7S/c1-19(2)40-25(33)17-31(36,11-6-9-29(4,5)35)28(34)39-27-20(3)16-30-10-7-12-32(30)13-8-21-14-23-24(38-18-37-23)15-22(21)26(27)30/h14-16,19,26-27,35-36H,6-13,17-18H2,1-5H3/t26-,27?,30+,31?/m1/s1. The minimum atomic E-state index is -1.97. The quantitative estimate of drug-likeness (QED) is 0.326. The van der Waals surface area contributed by atoms with E-state index in [1.54, 1.807) is 13.8 Å². The number of aliphatic hydroxyl groups is 2. The van der Waals surface area contributed by atoms with E-state index in [9.17, 15) is 19.8 Å². The molecular formula is C31H43NO7S. The molecule has 0 bridgehead atoms. The zero-order valence-electron chi connectivity index (χ0n) is 24.3. The molecule has 0 aromatic heterocycles. The topological polar surface area (TPSA) is 106 Å². The largest absolute Gasteiger partial charge is 0.455 e. The predicted molar refractivity (Wildman–Crippen MR) is 154 cm³/mol. The van der Waals surface area contributed by atoms with Crippen LogP contribution in [-0.2, 0) is 20.7 Å². The molecule has 3 heterocycles. The van der Waals surface area contributed by atoms with Crippen LogP contribution in [0.3, 0.4) is 0 Å². The normalized spacial score (nSPS) is 26.9. The van der Waals surface area contributed by atoms with Crippen LogP contribution < -0.4 is 9.47 Å². The molecule has 220 valence electrons. The molecule has 2 unspecified atom stereocenters. The van der Waals surface area contributed by atoms with E-state index in [-0.39, 0.29) is 41.5 Å². The second kappa shape index (κ2) is 11.0. The van der Waals surface area contributed by atoms with Gasteiger partial charge in [0.2, 0.25) is 6.79 Å². The molecule has 0 saturated carbocycles. The lowest BCUT2D eigenvalue weighted by molar-refractivity contribution is -0.173. The molecule has 40 heavy (non-hydrogen) atoms. The highest BCUT2D eigenvalue weighted by Crippen LogP contribution is 2.55. The van der Waals surface area contributed by atoms with Crippen LogP contribution >= 0.6 is 11.8 Å². The Morgan fingerprint density at radius 2 is 1.90 bits per heavy atom. The number of nitrogens with zero attached hydrogens (tertiary/aromatic N) is 1. The lowest BCUT2D eigenvalue weighted by Crippen LogP contribution is -2.49. The molecule has 9 heteroatoms. The van der Waals surface area contributed by atoms with Crippen LogP contribution in [0.2, 0.25) is 0 Å². The molecule has 4 atom stereocenters. The molecule has 1 aromatic rings. The zero-order valence-corrected chi connectivity index (χ0v) is 25.1. The second-order valence-corrected chi connectivity index (χ2v) is 14.5. The Hall–Kier alpha value is -2.07. The lowest BCUT2D eigenvalue weighted by atomic mass is 9.77. The summed E-state index contributed by atoms with van der Waals surface area (Å²) in [5, 5.41) is 21.7. The summed E-state index contributed by atoms with van der Waals surface area (Å²) in [7, 11) is 0. The van der Waals surface area contributed by atoms with Gasteiger partial charge in [0, 0.05) is 17.7 Å². The number of hydrogen-bond donors (Lipinski definition) is 2. The van der Waals surface area contributed by atoms with Gasteiger partial charge in [-0.15, -0.1) is 0 Å². The second-order valence-electron chi connectivity index (χ2n) is 12.8. The zero-order chi connectivity index (χ0) is 28.9. The van der Waals surface area contributed by atoms with Crippen LogP contribution in [0.1, 0.15) is 90.2 Å². The Labute approximate surface area is 241 Å². The number of benzene rings is 1. The first-order valence-corrected chi connectivity index (χ1v) is 15.4. The third-order valence-electron chi connectivity index (χ3n) is 8.78. The summed E-state index contributed by atoms with van der Waals surface area (Å²) in [6.45, 7) is 11.3. The van der Waals surface area contributed by atoms with Crippen molar-refractivity contribution in [2.75, 3.05) is 19.9 Å². The van der Waals surface area contributed by atoms with Crippen LogP contribution in [0.5, 0.6) is 11.5 Å². The minimum Gasteiger partial charge on any atom is -0.455 e. The highest BCUT2D eigenvalue weighted by Gasteiger charge is 2.57. The number of thioether (sulfide) groups is 1. The first-order chi connectivity index (χ1) is 18.8. The van der Waals surface area contributed by atoms with Crippen molar-refractivity contribution in [3.05, 3.63) is 34.9 Å². The first kappa shape index (κ1) is 29.4. The van der Waals surface area contributed by atoms with E-state index in [0.717, 1.165) is 66.6 Å². The minimum absolute atomic E-state index is 0.0346. The van der Waals surface area contributed by atoms with Gasteiger partial charge in [0.25, 0.3) is 0 Å². The summed E-state index contributed by atoms with van der Waals surface area (Å²) in [6, 6.07) is 4.12. The summed E-state index contributed by atoms with van der Waals surface area (Å²) in [6.07, 6.45) is 5.03. The van der Waals surface area contributed by atoms with Gasteiger partial charge in [-0.3, -0.25) is 9.69 Å². The predicted octanol–water partition coefficient (Wildman–Crippen LogP) is 4.49. The Kier molecular flexibility index (Phi) is 8.07. The number of carbonyl (C=O) groups excluding carboxylic acids is 2. The summed E-state index contributed by atoms with van der Waals surface area (Å²) < 4.78 is 17.7. The molecule has 5 rings (SSSR count). The van der Waals surface area contributed by atoms with E-state index < -0.39 is 23.3 Å². The Morgan fingerprint density at radius 3 is 2.60 bits per heavy atom. The molecular weight excluding hydrogens is 530 g/mol. The number of rotatable bonds is 9. The van der Waals surface area contributed by atoms with Crippen LogP contribution in [0.25, 0.3) is 0 Å². The summed E-state index contributed by atoms with van der Waals surface area (Å²) in [5.41, 5.74) is 0.0138. The van der Waals surface area contributed by atoms with Gasteiger partial charge in [0.1, 0.15) is 6.10 Å². The van der Waals surface area contributed by atoms with E-state index in [0.29, 0.717) is 18.6 Å². The maximum atomic E-state index is 13.9. The Bertz CT molecular complexity index is 1190. The highest BCUT2D eigenvalue weighted by molar-refractivity contribution is 8.14. The van der Waals surface area contributed by atoms with Gasteiger partial charge < -0.3 is 24.4 Å². The fourth-order valence-electron chi connectivity index (χ4n) is 7.05. The number of carbonyl (C=O) groups is 2. The van der Waals surface area contributed by atoms with Crippen molar-refractivity contribution in [2.24, 2.45) is 0 Å². The molecule has 1 aromatic carbocycles. The average Bonchev–Trinajstić information content (AvgIpc) is 3.51. The van der Waals surface area contributed by atoms with E-state index in [1.165, 1.54) is 0 Å². The molecule has 0 radical (unpaired) electrons. The SMILES string of the molecule is CC1=C[C@]23CCCN2CCc2cc4c(cc2[C@@H]3C1OC(=O)C(O)(CCCC(C)(C)O)CC(=O)SC(C)C)OCO4. The third-order valence-corrected chi connectivity index (χ3v) is 9.66. The molecule has 0 amide bonds. The van der Waals surface area contributed by atoms with Gasteiger partial charge in [-0.05, 0) is 94.7 Å². The molecule has 1 saturated heterocycles. The summed E-state index contributed by atoms with van der Waals surface area (Å²) in [5.74, 6) is 0.516. The van der Waals surface area contributed by atoms with Crippen molar-refractivity contribution < 1.29 is 34.0 Å². The van der Waals surface area contributed by atoms with Crippen molar-refractivity contribution in [1.82, 2.24) is 4.90 Å². The molecule has 1 fully saturated rings. The summed E-state index contributed by atoms with van der Waals surface area (Å²) in [4.78, 5) is 29.3. The van der Waals surface area contributed by atoms with Crippen LogP contribution in [0.4, 0.5) is 0 Å². The summed E-state index contributed by atoms with van der Waals surface area (Å²) >= 11 is 1.12. The van der Waals surface area contributed by atoms with Crippen molar-refractivity contribution in [3.63, 3.8) is 0 Å². The monoisotopic (exact) mass is 573 g/mol. The maximum Gasteiger partial charge on any atom is 0.339 e. The third kappa shape index (κ3) is 5.67. The van der Waals surface area contributed by atoms with Crippen LogP contribution in [0, 0.1) is 0 Å². The molecule has 2 N–H and O–H groups in total. The van der Waals surface area contributed by atoms with Gasteiger partial charge in [-0.1, -0.05) is 31.7 Å². The Morgan fingerprint density at radius 1 is 1.18 bits per heavy atom. The van der Waals surface area contributed by atoms with E-state index in [1.807, 2.05) is 20.8 Å². The molecule has 1 aliphatic carbocycles.